The minimum absolute atomic E-state index is 0.407. The summed E-state index contributed by atoms with van der Waals surface area (Å²) in [4.78, 5) is 0.407. The molecule has 0 radical (unpaired) electrons. The van der Waals surface area contributed by atoms with Crippen molar-refractivity contribution in [2.75, 3.05) is 20.2 Å². The van der Waals surface area contributed by atoms with Crippen LogP contribution in [-0.4, -0.2) is 32.9 Å². The van der Waals surface area contributed by atoms with Gasteiger partial charge >= 0.3 is 0 Å². The van der Waals surface area contributed by atoms with Gasteiger partial charge in [-0.1, -0.05) is 6.92 Å². The summed E-state index contributed by atoms with van der Waals surface area (Å²) in [6, 6.07) is 3.40. The fourth-order valence-corrected chi connectivity index (χ4v) is 4.65. The molecule has 0 bridgehead atoms. The average Bonchev–Trinajstić information content (AvgIpc) is 2.41. The topological polar surface area (TPSA) is 46.6 Å². The molecule has 0 unspecified atom stereocenters. The summed E-state index contributed by atoms with van der Waals surface area (Å²) in [7, 11) is -1.80. The molecule has 1 heterocycles. The number of hydrogen-bond acceptors (Lipinski definition) is 3. The molecule has 2 rings (SSSR count). The van der Waals surface area contributed by atoms with Gasteiger partial charge in [-0.25, -0.2) is 8.42 Å². The Hall–Kier alpha value is -1.07. The molecular weight excluding hydrogens is 274 g/mol. The number of nitrogens with zero attached hydrogens (tertiary/aromatic N) is 1. The third-order valence-electron chi connectivity index (χ3n) is 4.15. The number of methoxy groups -OCH3 is 1. The van der Waals surface area contributed by atoms with Crippen molar-refractivity contribution in [1.82, 2.24) is 4.31 Å². The summed E-state index contributed by atoms with van der Waals surface area (Å²) >= 11 is 0. The highest BCUT2D eigenvalue weighted by Gasteiger charge is 2.30. The zero-order chi connectivity index (χ0) is 14.9. The first-order valence-electron chi connectivity index (χ1n) is 7.02. The van der Waals surface area contributed by atoms with Gasteiger partial charge in [0.1, 0.15) is 5.75 Å². The minimum atomic E-state index is -3.40. The van der Waals surface area contributed by atoms with Gasteiger partial charge in [-0.15, -0.1) is 0 Å². The largest absolute Gasteiger partial charge is 0.496 e. The van der Waals surface area contributed by atoms with E-state index in [-0.39, 0.29) is 0 Å². The maximum atomic E-state index is 12.8. The van der Waals surface area contributed by atoms with Gasteiger partial charge in [0.2, 0.25) is 10.0 Å². The van der Waals surface area contributed by atoms with Crippen molar-refractivity contribution >= 4 is 10.0 Å². The Morgan fingerprint density at radius 2 is 1.95 bits per heavy atom. The maximum absolute atomic E-state index is 12.8. The van der Waals surface area contributed by atoms with E-state index in [1.165, 1.54) is 0 Å². The molecule has 1 fully saturated rings. The Kier molecular flexibility index (Phi) is 4.39. The quantitative estimate of drug-likeness (QED) is 0.862. The lowest BCUT2D eigenvalue weighted by atomic mass is 10.0. The first-order chi connectivity index (χ1) is 9.37. The van der Waals surface area contributed by atoms with Crippen molar-refractivity contribution in [1.29, 1.82) is 0 Å². The number of ether oxygens (including phenoxy) is 1. The molecule has 0 amide bonds. The van der Waals surface area contributed by atoms with E-state index in [1.54, 1.807) is 23.5 Å². The molecule has 1 saturated heterocycles. The van der Waals surface area contributed by atoms with Gasteiger partial charge in [0, 0.05) is 13.1 Å². The van der Waals surface area contributed by atoms with Crippen molar-refractivity contribution in [2.45, 2.75) is 38.5 Å². The molecular formula is C15H23NO3S. The molecule has 1 aromatic rings. The highest BCUT2D eigenvalue weighted by atomic mass is 32.2. The highest BCUT2D eigenvalue weighted by molar-refractivity contribution is 7.89. The smallest absolute Gasteiger partial charge is 0.243 e. The predicted octanol–water partition coefficient (Wildman–Crippen LogP) is 2.73. The summed E-state index contributed by atoms with van der Waals surface area (Å²) in [5, 5.41) is 0. The average molecular weight is 297 g/mol. The molecule has 112 valence electrons. The number of sulfonamides is 1. The highest BCUT2D eigenvalue weighted by Crippen LogP contribution is 2.30. The minimum Gasteiger partial charge on any atom is -0.496 e. The van der Waals surface area contributed by atoms with Crippen molar-refractivity contribution in [3.05, 3.63) is 23.3 Å². The van der Waals surface area contributed by atoms with E-state index in [0.29, 0.717) is 23.9 Å². The Morgan fingerprint density at radius 1 is 1.25 bits per heavy atom. The number of benzene rings is 1. The first-order valence-corrected chi connectivity index (χ1v) is 8.46. The van der Waals surface area contributed by atoms with Crippen LogP contribution in [0.4, 0.5) is 0 Å². The lowest BCUT2D eigenvalue weighted by Gasteiger charge is -2.30. The van der Waals surface area contributed by atoms with E-state index in [4.69, 9.17) is 4.74 Å². The summed E-state index contributed by atoms with van der Waals surface area (Å²) in [5.74, 6) is 1.16. The lowest BCUT2D eigenvalue weighted by Crippen LogP contribution is -2.39. The van der Waals surface area contributed by atoms with Crippen molar-refractivity contribution in [3.8, 4) is 5.75 Å². The Morgan fingerprint density at radius 3 is 2.55 bits per heavy atom. The molecule has 4 nitrogen and oxygen atoms in total. The molecule has 0 spiro atoms. The molecule has 0 aromatic heterocycles. The van der Waals surface area contributed by atoms with Crippen molar-refractivity contribution < 1.29 is 13.2 Å². The van der Waals surface area contributed by atoms with Gasteiger partial charge in [0.15, 0.2) is 0 Å². The van der Waals surface area contributed by atoms with Crippen LogP contribution in [-0.2, 0) is 10.0 Å². The van der Waals surface area contributed by atoms with Gasteiger partial charge < -0.3 is 4.74 Å². The van der Waals surface area contributed by atoms with Crippen LogP contribution < -0.4 is 4.74 Å². The summed E-state index contributed by atoms with van der Waals surface area (Å²) in [6.07, 6.45) is 2.04. The maximum Gasteiger partial charge on any atom is 0.243 e. The monoisotopic (exact) mass is 297 g/mol. The molecule has 1 aliphatic rings. The third-order valence-corrected chi connectivity index (χ3v) is 6.15. The van der Waals surface area contributed by atoms with E-state index >= 15 is 0 Å². The summed E-state index contributed by atoms with van der Waals surface area (Å²) in [5.41, 5.74) is 1.67. The van der Waals surface area contributed by atoms with Crippen LogP contribution in [0.5, 0.6) is 5.75 Å². The molecule has 1 atom stereocenters. The number of piperidine rings is 1. The third kappa shape index (κ3) is 2.69. The Balaban J connectivity index is 2.42. The Labute approximate surface area is 121 Å². The predicted molar refractivity (Wildman–Crippen MR) is 79.6 cm³/mol. The van der Waals surface area contributed by atoms with Crippen LogP contribution in [0.15, 0.2) is 17.0 Å². The van der Waals surface area contributed by atoms with E-state index in [2.05, 4.69) is 6.92 Å². The van der Waals surface area contributed by atoms with Crippen molar-refractivity contribution in [2.24, 2.45) is 5.92 Å². The van der Waals surface area contributed by atoms with Crippen LogP contribution in [0.1, 0.15) is 30.9 Å². The van der Waals surface area contributed by atoms with Gasteiger partial charge in [-0.2, -0.15) is 4.31 Å². The van der Waals surface area contributed by atoms with E-state index in [9.17, 15) is 8.42 Å². The Bertz CT molecular complexity index is 595. The normalized spacial score (nSPS) is 20.9. The molecule has 0 N–H and O–H groups in total. The lowest BCUT2D eigenvalue weighted by molar-refractivity contribution is 0.281. The number of rotatable bonds is 3. The zero-order valence-corrected chi connectivity index (χ0v) is 13.5. The summed E-state index contributed by atoms with van der Waals surface area (Å²) in [6.45, 7) is 7.09. The van der Waals surface area contributed by atoms with Crippen LogP contribution in [0.2, 0.25) is 0 Å². The first kappa shape index (κ1) is 15.3. The number of hydrogen-bond donors (Lipinski definition) is 0. The molecule has 0 aliphatic carbocycles. The van der Waals surface area contributed by atoms with E-state index < -0.39 is 10.0 Å². The SMILES string of the molecule is COc1ccc(S(=O)(=O)N2CCC[C@H](C)C2)c(C)c1C. The molecule has 20 heavy (non-hydrogen) atoms. The van der Waals surface area contributed by atoms with Crippen molar-refractivity contribution in [3.63, 3.8) is 0 Å². The van der Waals surface area contributed by atoms with Gasteiger partial charge in [0.25, 0.3) is 0 Å². The fourth-order valence-electron chi connectivity index (χ4n) is 2.78. The second-order valence-electron chi connectivity index (χ2n) is 5.63. The van der Waals surface area contributed by atoms with Gasteiger partial charge in [-0.3, -0.25) is 0 Å². The second-order valence-corrected chi connectivity index (χ2v) is 7.53. The van der Waals surface area contributed by atoms with Gasteiger partial charge in [-0.05, 0) is 55.9 Å². The van der Waals surface area contributed by atoms with E-state index in [0.717, 1.165) is 29.7 Å². The van der Waals surface area contributed by atoms with Crippen LogP contribution >= 0.6 is 0 Å². The molecule has 1 aliphatic heterocycles. The second kappa shape index (κ2) is 5.74. The van der Waals surface area contributed by atoms with E-state index in [1.807, 2.05) is 13.8 Å². The molecule has 1 aromatic carbocycles. The standard InChI is InChI=1S/C15H23NO3S/c1-11-6-5-9-16(10-11)20(17,18)15-8-7-14(19-4)12(2)13(15)3/h7-8,11H,5-6,9-10H2,1-4H3/t11-/m0/s1. The zero-order valence-electron chi connectivity index (χ0n) is 12.6. The van der Waals surface area contributed by atoms with Crippen LogP contribution in [0.3, 0.4) is 0 Å². The fraction of sp³-hybridized carbons (Fsp3) is 0.600. The van der Waals surface area contributed by atoms with Gasteiger partial charge in [0.05, 0.1) is 12.0 Å². The molecule has 5 heteroatoms. The van der Waals surface area contributed by atoms with Crippen LogP contribution in [0.25, 0.3) is 0 Å². The molecule has 0 saturated carbocycles. The summed E-state index contributed by atoms with van der Waals surface area (Å²) < 4.78 is 32.4. The van der Waals surface area contributed by atoms with Crippen LogP contribution in [0, 0.1) is 19.8 Å².